The fraction of sp³-hybridized carbons (Fsp3) is 0. The quantitative estimate of drug-likeness (QED) is 0.606. The van der Waals surface area contributed by atoms with Gasteiger partial charge >= 0.3 is 0 Å². The molecular weight excluding hydrogens is 301 g/mol. The van der Waals surface area contributed by atoms with Gasteiger partial charge in [-0.2, -0.15) is 0 Å². The van der Waals surface area contributed by atoms with Gasteiger partial charge in [-0.15, -0.1) is 0 Å². The summed E-state index contributed by atoms with van der Waals surface area (Å²) in [6.45, 7) is 0. The maximum atomic E-state index is 14.0. The van der Waals surface area contributed by atoms with Crippen LogP contribution in [0.2, 0.25) is 0 Å². The van der Waals surface area contributed by atoms with Crippen LogP contribution in [0.3, 0.4) is 0 Å². The lowest BCUT2D eigenvalue weighted by Gasteiger charge is -2.16. The molecule has 116 valence electrons. The van der Waals surface area contributed by atoms with Gasteiger partial charge in [0.15, 0.2) is 0 Å². The molecule has 0 spiro atoms. The Morgan fingerprint density at radius 3 is 2.25 bits per heavy atom. The minimum Gasteiger partial charge on any atom is -0.276 e. The molecule has 0 radical (unpaired) electrons. The lowest BCUT2D eigenvalue weighted by molar-refractivity contribution is -0.112. The van der Waals surface area contributed by atoms with E-state index in [0.29, 0.717) is 11.1 Å². The lowest BCUT2D eigenvalue weighted by atomic mass is 10.0. The van der Waals surface area contributed by atoms with Crippen molar-refractivity contribution in [2.75, 3.05) is 4.90 Å². The Kier molecular flexibility index (Phi) is 3.47. The van der Waals surface area contributed by atoms with Gasteiger partial charge < -0.3 is 0 Å². The van der Waals surface area contributed by atoms with Crippen LogP contribution in [0.15, 0.2) is 78.9 Å². The second-order valence-electron chi connectivity index (χ2n) is 5.57. The monoisotopic (exact) mass is 315 g/mol. The van der Waals surface area contributed by atoms with Crippen molar-refractivity contribution in [1.29, 1.82) is 0 Å². The number of carbonyl (C=O) groups is 1. The van der Waals surface area contributed by atoms with E-state index in [1.165, 1.54) is 6.07 Å². The SMILES string of the molecule is O=C1/C(=C/c2ccccc2F)c2ccccc2N1c1ccccc1. The Balaban J connectivity index is 1.89. The molecule has 0 fully saturated rings. The molecule has 1 heterocycles. The lowest BCUT2D eigenvalue weighted by Crippen LogP contribution is -2.20. The first-order chi connectivity index (χ1) is 11.8. The molecule has 1 aliphatic heterocycles. The summed E-state index contributed by atoms with van der Waals surface area (Å²) in [5.74, 6) is -0.487. The molecule has 1 amide bonds. The molecule has 0 saturated heterocycles. The van der Waals surface area contributed by atoms with Crippen molar-refractivity contribution in [2.45, 2.75) is 0 Å². The molecule has 0 N–H and O–H groups in total. The fourth-order valence-corrected chi connectivity index (χ4v) is 2.96. The summed E-state index contributed by atoms with van der Waals surface area (Å²) in [6, 6.07) is 23.5. The van der Waals surface area contributed by atoms with Gasteiger partial charge in [-0.05, 0) is 30.3 Å². The van der Waals surface area contributed by atoms with Crippen LogP contribution in [0.5, 0.6) is 0 Å². The van der Waals surface area contributed by atoms with Crippen LogP contribution in [0, 0.1) is 5.82 Å². The van der Waals surface area contributed by atoms with Crippen molar-refractivity contribution in [1.82, 2.24) is 0 Å². The highest BCUT2D eigenvalue weighted by molar-refractivity contribution is 6.37. The number of para-hydroxylation sites is 2. The molecular formula is C21H14FNO. The zero-order valence-electron chi connectivity index (χ0n) is 12.8. The number of benzene rings is 3. The largest absolute Gasteiger partial charge is 0.276 e. The van der Waals surface area contributed by atoms with E-state index in [2.05, 4.69) is 0 Å². The topological polar surface area (TPSA) is 20.3 Å². The van der Waals surface area contributed by atoms with Crippen molar-refractivity contribution in [2.24, 2.45) is 0 Å². The normalized spacial score (nSPS) is 15.0. The van der Waals surface area contributed by atoms with Gasteiger partial charge in [0.2, 0.25) is 0 Å². The van der Waals surface area contributed by atoms with Crippen LogP contribution in [-0.2, 0) is 4.79 Å². The number of carbonyl (C=O) groups excluding carboxylic acids is 1. The van der Waals surface area contributed by atoms with E-state index < -0.39 is 0 Å². The number of anilines is 2. The second-order valence-corrected chi connectivity index (χ2v) is 5.57. The Hall–Kier alpha value is -3.20. The van der Waals surface area contributed by atoms with Crippen molar-refractivity contribution in [3.63, 3.8) is 0 Å². The highest BCUT2D eigenvalue weighted by Gasteiger charge is 2.33. The maximum Gasteiger partial charge on any atom is 0.263 e. The molecule has 2 nitrogen and oxygen atoms in total. The summed E-state index contributed by atoms with van der Waals surface area (Å²) in [5, 5.41) is 0. The van der Waals surface area contributed by atoms with E-state index >= 15 is 0 Å². The highest BCUT2D eigenvalue weighted by atomic mass is 19.1. The van der Waals surface area contributed by atoms with Gasteiger partial charge in [0.25, 0.3) is 5.91 Å². The van der Waals surface area contributed by atoms with Gasteiger partial charge in [-0.3, -0.25) is 9.69 Å². The minimum atomic E-state index is -0.339. The molecule has 0 aliphatic carbocycles. The molecule has 4 rings (SSSR count). The van der Waals surface area contributed by atoms with E-state index in [9.17, 15) is 9.18 Å². The molecule has 3 aromatic rings. The second kappa shape index (κ2) is 5.78. The van der Waals surface area contributed by atoms with Crippen LogP contribution >= 0.6 is 0 Å². The van der Waals surface area contributed by atoms with E-state index in [1.54, 1.807) is 29.2 Å². The minimum absolute atomic E-state index is 0.148. The molecule has 0 saturated carbocycles. The zero-order chi connectivity index (χ0) is 16.5. The van der Waals surface area contributed by atoms with Crippen molar-refractivity contribution >= 4 is 28.9 Å². The highest BCUT2D eigenvalue weighted by Crippen LogP contribution is 2.42. The summed E-state index contributed by atoms with van der Waals surface area (Å²) in [4.78, 5) is 14.7. The predicted octanol–water partition coefficient (Wildman–Crippen LogP) is 5.04. The summed E-state index contributed by atoms with van der Waals surface area (Å²) >= 11 is 0. The van der Waals surface area contributed by atoms with Crippen LogP contribution in [0.4, 0.5) is 15.8 Å². The van der Waals surface area contributed by atoms with E-state index in [-0.39, 0.29) is 11.7 Å². The summed E-state index contributed by atoms with van der Waals surface area (Å²) in [7, 11) is 0. The van der Waals surface area contributed by atoms with Crippen molar-refractivity contribution < 1.29 is 9.18 Å². The average molecular weight is 315 g/mol. The Bertz CT molecular complexity index is 947. The summed E-state index contributed by atoms with van der Waals surface area (Å²) in [6.07, 6.45) is 1.62. The molecule has 0 aromatic heterocycles. The number of hydrogen-bond acceptors (Lipinski definition) is 1. The Labute approximate surface area is 139 Å². The van der Waals surface area contributed by atoms with Crippen LogP contribution in [0.25, 0.3) is 11.6 Å². The molecule has 24 heavy (non-hydrogen) atoms. The number of hydrogen-bond donors (Lipinski definition) is 0. The third-order valence-corrected chi connectivity index (χ3v) is 4.09. The smallest absolute Gasteiger partial charge is 0.263 e. The number of rotatable bonds is 2. The molecule has 3 heteroatoms. The first-order valence-corrected chi connectivity index (χ1v) is 7.71. The average Bonchev–Trinajstić information content (AvgIpc) is 2.90. The van der Waals surface area contributed by atoms with Gasteiger partial charge in [0, 0.05) is 16.8 Å². The van der Waals surface area contributed by atoms with Gasteiger partial charge in [-0.1, -0.05) is 54.6 Å². The number of amides is 1. The number of halogens is 1. The third-order valence-electron chi connectivity index (χ3n) is 4.09. The maximum absolute atomic E-state index is 14.0. The number of fused-ring (bicyclic) bond motifs is 1. The van der Waals surface area contributed by atoms with Gasteiger partial charge in [0.05, 0.1) is 11.3 Å². The third kappa shape index (κ3) is 2.31. The first kappa shape index (κ1) is 14.4. The zero-order valence-corrected chi connectivity index (χ0v) is 12.8. The molecule has 0 bridgehead atoms. The van der Waals surface area contributed by atoms with Gasteiger partial charge in [0.1, 0.15) is 5.82 Å². The van der Waals surface area contributed by atoms with E-state index in [1.807, 2.05) is 54.6 Å². The molecule has 0 unspecified atom stereocenters. The van der Waals surface area contributed by atoms with E-state index in [4.69, 9.17) is 0 Å². The predicted molar refractivity (Wildman–Crippen MR) is 94.3 cm³/mol. The van der Waals surface area contributed by atoms with Crippen molar-refractivity contribution in [3.8, 4) is 0 Å². The van der Waals surface area contributed by atoms with Crippen LogP contribution in [0.1, 0.15) is 11.1 Å². The summed E-state index contributed by atoms with van der Waals surface area (Å²) in [5.41, 5.74) is 3.34. The van der Waals surface area contributed by atoms with Crippen LogP contribution in [-0.4, -0.2) is 5.91 Å². The Morgan fingerprint density at radius 1 is 0.792 bits per heavy atom. The summed E-state index contributed by atoms with van der Waals surface area (Å²) < 4.78 is 14.0. The molecule has 1 aliphatic rings. The van der Waals surface area contributed by atoms with E-state index in [0.717, 1.165) is 16.9 Å². The number of nitrogens with zero attached hydrogens (tertiary/aromatic N) is 1. The van der Waals surface area contributed by atoms with Crippen LogP contribution < -0.4 is 4.90 Å². The first-order valence-electron chi connectivity index (χ1n) is 7.71. The fourth-order valence-electron chi connectivity index (χ4n) is 2.96. The molecule has 0 atom stereocenters. The standard InChI is InChI=1S/C21H14FNO/c22-19-12-6-4-8-15(19)14-18-17-11-5-7-13-20(17)23(21(18)24)16-9-2-1-3-10-16/h1-14H/b18-14+. The van der Waals surface area contributed by atoms with Gasteiger partial charge in [-0.25, -0.2) is 4.39 Å². The Morgan fingerprint density at radius 2 is 1.46 bits per heavy atom. The molecule has 3 aromatic carbocycles. The van der Waals surface area contributed by atoms with Crippen molar-refractivity contribution in [3.05, 3.63) is 95.8 Å².